The molecule has 5 nitrogen and oxygen atoms in total. The van der Waals surface area contributed by atoms with Crippen LogP contribution < -0.4 is 10.6 Å². The van der Waals surface area contributed by atoms with E-state index in [4.69, 9.17) is 10.5 Å². The molecule has 21 heavy (non-hydrogen) atoms. The van der Waals surface area contributed by atoms with Crippen molar-refractivity contribution in [3.63, 3.8) is 0 Å². The lowest BCUT2D eigenvalue weighted by atomic mass is 9.99. The van der Waals surface area contributed by atoms with Gasteiger partial charge in [-0.2, -0.15) is 5.26 Å². The van der Waals surface area contributed by atoms with Crippen molar-refractivity contribution in [1.82, 2.24) is 4.57 Å². The fraction of sp³-hybridized carbons (Fsp3) is 0.688. The molecule has 0 spiro atoms. The van der Waals surface area contributed by atoms with Crippen LogP contribution in [0.25, 0.3) is 0 Å². The number of hydrogen-bond acceptors (Lipinski definition) is 4. The number of piperidine rings is 1. The standard InChI is InChI=1S/C16H24N4O/c1-12-4-6-19(7-5-12)16-15(18)9-13(10-17)20(16)11-14-3-2-8-21-14/h9,12,14H,2-8,11,18H2,1H3/t14-/m1/s1. The van der Waals surface area contributed by atoms with Crippen LogP contribution in [0.2, 0.25) is 0 Å². The zero-order chi connectivity index (χ0) is 14.8. The van der Waals surface area contributed by atoms with E-state index in [-0.39, 0.29) is 6.10 Å². The van der Waals surface area contributed by atoms with Crippen molar-refractivity contribution >= 4 is 11.5 Å². The third-order valence-electron chi connectivity index (χ3n) is 4.70. The number of rotatable bonds is 3. The topological polar surface area (TPSA) is 67.2 Å². The Morgan fingerprint density at radius 1 is 1.38 bits per heavy atom. The number of nitrogens with two attached hydrogens (primary N) is 1. The molecule has 1 aromatic heterocycles. The van der Waals surface area contributed by atoms with Crippen LogP contribution in [-0.2, 0) is 11.3 Å². The van der Waals surface area contributed by atoms with Gasteiger partial charge < -0.3 is 19.9 Å². The molecule has 0 aromatic carbocycles. The van der Waals surface area contributed by atoms with Gasteiger partial charge in [-0.3, -0.25) is 0 Å². The second-order valence-corrected chi connectivity index (χ2v) is 6.34. The molecule has 2 aliphatic rings. The smallest absolute Gasteiger partial charge is 0.133 e. The van der Waals surface area contributed by atoms with Gasteiger partial charge in [0.25, 0.3) is 0 Å². The molecule has 114 valence electrons. The fourth-order valence-corrected chi connectivity index (χ4v) is 3.40. The second kappa shape index (κ2) is 5.98. The van der Waals surface area contributed by atoms with Crippen LogP contribution >= 0.6 is 0 Å². The Morgan fingerprint density at radius 3 is 2.76 bits per heavy atom. The highest BCUT2D eigenvalue weighted by atomic mass is 16.5. The normalized spacial score (nSPS) is 23.4. The molecule has 2 saturated heterocycles. The van der Waals surface area contributed by atoms with E-state index in [1.165, 1.54) is 12.8 Å². The van der Waals surface area contributed by atoms with E-state index in [0.717, 1.165) is 56.5 Å². The first-order chi connectivity index (χ1) is 10.2. The molecule has 3 heterocycles. The Labute approximate surface area is 126 Å². The summed E-state index contributed by atoms with van der Waals surface area (Å²) in [6, 6.07) is 4.09. The third-order valence-corrected chi connectivity index (χ3v) is 4.70. The second-order valence-electron chi connectivity index (χ2n) is 6.34. The van der Waals surface area contributed by atoms with Crippen molar-refractivity contribution in [3.8, 4) is 6.07 Å². The monoisotopic (exact) mass is 288 g/mol. The summed E-state index contributed by atoms with van der Waals surface area (Å²) in [5.41, 5.74) is 7.57. The van der Waals surface area contributed by atoms with Crippen LogP contribution in [0.1, 0.15) is 38.3 Å². The minimum absolute atomic E-state index is 0.214. The number of ether oxygens (including phenoxy) is 1. The molecule has 2 N–H and O–H groups in total. The van der Waals surface area contributed by atoms with Crippen LogP contribution in [0.5, 0.6) is 0 Å². The summed E-state index contributed by atoms with van der Waals surface area (Å²) in [6.07, 6.45) is 4.77. The zero-order valence-electron chi connectivity index (χ0n) is 12.7. The SMILES string of the molecule is CC1CCN(c2c(N)cc(C#N)n2C[C@H]2CCCO2)CC1. The van der Waals surface area contributed by atoms with Gasteiger partial charge in [0.1, 0.15) is 17.6 Å². The van der Waals surface area contributed by atoms with Gasteiger partial charge >= 0.3 is 0 Å². The maximum atomic E-state index is 9.38. The molecule has 0 radical (unpaired) electrons. The molecule has 1 atom stereocenters. The number of aromatic nitrogens is 1. The van der Waals surface area contributed by atoms with E-state index >= 15 is 0 Å². The van der Waals surface area contributed by atoms with Crippen LogP contribution in [0.3, 0.4) is 0 Å². The van der Waals surface area contributed by atoms with Crippen molar-refractivity contribution < 1.29 is 4.74 Å². The van der Waals surface area contributed by atoms with E-state index in [2.05, 4.69) is 22.5 Å². The van der Waals surface area contributed by atoms with E-state index in [9.17, 15) is 5.26 Å². The summed E-state index contributed by atoms with van der Waals surface area (Å²) in [5, 5.41) is 9.38. The number of nitrogen functional groups attached to an aromatic ring is 1. The number of nitriles is 1. The van der Waals surface area contributed by atoms with E-state index in [1.54, 1.807) is 0 Å². The number of anilines is 2. The summed E-state index contributed by atoms with van der Waals surface area (Å²) in [6.45, 7) is 5.91. The average Bonchev–Trinajstić information content (AvgIpc) is 3.09. The maximum absolute atomic E-state index is 9.38. The highest BCUT2D eigenvalue weighted by molar-refractivity contribution is 5.68. The molecule has 5 heteroatoms. The minimum atomic E-state index is 0.214. The van der Waals surface area contributed by atoms with Crippen molar-refractivity contribution in [1.29, 1.82) is 5.26 Å². The predicted molar refractivity (Wildman–Crippen MR) is 83.1 cm³/mol. The summed E-state index contributed by atoms with van der Waals surface area (Å²) >= 11 is 0. The Kier molecular flexibility index (Phi) is 4.07. The van der Waals surface area contributed by atoms with Gasteiger partial charge in [0.05, 0.1) is 18.3 Å². The zero-order valence-corrected chi connectivity index (χ0v) is 12.7. The molecule has 2 fully saturated rings. The van der Waals surface area contributed by atoms with Crippen LogP contribution in [-0.4, -0.2) is 30.4 Å². The molecule has 2 aliphatic heterocycles. The summed E-state index contributed by atoms with van der Waals surface area (Å²) < 4.78 is 7.81. The fourth-order valence-electron chi connectivity index (χ4n) is 3.40. The van der Waals surface area contributed by atoms with Crippen molar-refractivity contribution in [2.75, 3.05) is 30.3 Å². The molecule has 0 saturated carbocycles. The van der Waals surface area contributed by atoms with Gasteiger partial charge in [-0.1, -0.05) is 6.92 Å². The van der Waals surface area contributed by atoms with Crippen LogP contribution in [0.15, 0.2) is 6.07 Å². The Morgan fingerprint density at radius 2 is 2.14 bits per heavy atom. The molecule has 0 amide bonds. The third kappa shape index (κ3) is 2.86. The van der Waals surface area contributed by atoms with Gasteiger partial charge in [0.15, 0.2) is 0 Å². The largest absolute Gasteiger partial charge is 0.396 e. The van der Waals surface area contributed by atoms with Gasteiger partial charge in [-0.15, -0.1) is 0 Å². The first kappa shape index (κ1) is 14.3. The first-order valence-electron chi connectivity index (χ1n) is 7.94. The van der Waals surface area contributed by atoms with Gasteiger partial charge in [-0.25, -0.2) is 0 Å². The summed E-state index contributed by atoms with van der Waals surface area (Å²) in [7, 11) is 0. The van der Waals surface area contributed by atoms with Crippen LogP contribution in [0, 0.1) is 17.2 Å². The Hall–Kier alpha value is -1.67. The summed E-state index contributed by atoms with van der Waals surface area (Å²) in [4.78, 5) is 2.34. The lowest BCUT2D eigenvalue weighted by molar-refractivity contribution is 0.0971. The molecule has 3 rings (SSSR count). The van der Waals surface area contributed by atoms with Crippen LogP contribution in [0.4, 0.5) is 11.5 Å². The van der Waals surface area contributed by atoms with Gasteiger partial charge in [0.2, 0.25) is 0 Å². The van der Waals surface area contributed by atoms with E-state index in [0.29, 0.717) is 5.69 Å². The lowest BCUT2D eigenvalue weighted by Gasteiger charge is -2.33. The highest BCUT2D eigenvalue weighted by Crippen LogP contribution is 2.32. The average molecular weight is 288 g/mol. The minimum Gasteiger partial charge on any atom is -0.396 e. The number of nitrogens with zero attached hydrogens (tertiary/aromatic N) is 3. The van der Waals surface area contributed by atoms with E-state index in [1.807, 2.05) is 6.07 Å². The number of hydrogen-bond donors (Lipinski definition) is 1. The highest BCUT2D eigenvalue weighted by Gasteiger charge is 2.25. The Bertz CT molecular complexity index is 531. The molecule has 1 aromatic rings. The lowest BCUT2D eigenvalue weighted by Crippen LogP contribution is -2.35. The van der Waals surface area contributed by atoms with Crippen molar-refractivity contribution in [2.45, 2.75) is 45.3 Å². The van der Waals surface area contributed by atoms with Gasteiger partial charge in [-0.05, 0) is 37.7 Å². The quantitative estimate of drug-likeness (QED) is 0.927. The first-order valence-corrected chi connectivity index (χ1v) is 7.94. The molecule has 0 bridgehead atoms. The Balaban J connectivity index is 1.87. The summed E-state index contributed by atoms with van der Waals surface area (Å²) in [5.74, 6) is 1.80. The molecule has 0 aliphatic carbocycles. The molecular formula is C16H24N4O. The molecular weight excluding hydrogens is 264 g/mol. The maximum Gasteiger partial charge on any atom is 0.133 e. The van der Waals surface area contributed by atoms with Crippen molar-refractivity contribution in [3.05, 3.63) is 11.8 Å². The van der Waals surface area contributed by atoms with E-state index < -0.39 is 0 Å². The van der Waals surface area contributed by atoms with Gasteiger partial charge in [0, 0.05) is 19.7 Å². The predicted octanol–water partition coefficient (Wildman–Crippen LogP) is 2.36. The van der Waals surface area contributed by atoms with Crippen molar-refractivity contribution in [2.24, 2.45) is 5.92 Å². The molecule has 0 unspecified atom stereocenters.